The van der Waals surface area contributed by atoms with E-state index in [9.17, 15) is 4.79 Å². The normalized spacial score (nSPS) is 18.2. The molecule has 0 spiro atoms. The molecule has 0 amide bonds. The molecule has 90 valence electrons. The third kappa shape index (κ3) is 2.67. The molecule has 1 heterocycles. The number of nitrogens with one attached hydrogen (secondary N) is 1. The highest BCUT2D eigenvalue weighted by molar-refractivity contribution is 6.17. The second kappa shape index (κ2) is 5.53. The summed E-state index contributed by atoms with van der Waals surface area (Å²) in [5.74, 6) is -0.263. The molecule has 0 saturated carbocycles. The van der Waals surface area contributed by atoms with Crippen LogP contribution in [0.1, 0.15) is 24.8 Å². The first kappa shape index (κ1) is 11.7. The molecule has 0 unspecified atom stereocenters. The number of hydrogen-bond donors (Lipinski definition) is 1. The second-order valence-corrected chi connectivity index (χ2v) is 4.10. The Labute approximate surface area is 101 Å². The molecule has 0 radical (unpaired) electrons. The van der Waals surface area contributed by atoms with Crippen LogP contribution in [0.5, 0.6) is 0 Å². The van der Waals surface area contributed by atoms with Crippen LogP contribution >= 0.6 is 0 Å². The van der Waals surface area contributed by atoms with Gasteiger partial charge in [-0.25, -0.2) is 4.79 Å². The highest BCUT2D eigenvalue weighted by Gasteiger charge is 2.19. The third-order valence-electron chi connectivity index (χ3n) is 2.95. The minimum atomic E-state index is -0.263. The maximum atomic E-state index is 11.9. The first-order valence-electron chi connectivity index (χ1n) is 5.93. The minimum absolute atomic E-state index is 0.263. The highest BCUT2D eigenvalue weighted by Crippen LogP contribution is 2.24. The van der Waals surface area contributed by atoms with Gasteiger partial charge in [0.2, 0.25) is 0 Å². The van der Waals surface area contributed by atoms with Crippen molar-refractivity contribution in [3.63, 3.8) is 0 Å². The van der Waals surface area contributed by atoms with E-state index >= 15 is 0 Å². The first-order valence-corrected chi connectivity index (χ1v) is 5.93. The monoisotopic (exact) mass is 231 g/mol. The summed E-state index contributed by atoms with van der Waals surface area (Å²) in [6, 6.07) is 9.69. The molecule has 1 aliphatic rings. The largest absolute Gasteiger partial charge is 0.465 e. The fourth-order valence-corrected chi connectivity index (χ4v) is 2.09. The van der Waals surface area contributed by atoms with Crippen molar-refractivity contribution in [1.82, 2.24) is 5.32 Å². The predicted octanol–water partition coefficient (Wildman–Crippen LogP) is 2.34. The zero-order valence-electron chi connectivity index (χ0n) is 10.0. The Kier molecular flexibility index (Phi) is 3.81. The van der Waals surface area contributed by atoms with Gasteiger partial charge >= 0.3 is 5.97 Å². The second-order valence-electron chi connectivity index (χ2n) is 4.10. The molecule has 3 nitrogen and oxygen atoms in total. The van der Waals surface area contributed by atoms with E-state index < -0.39 is 0 Å². The van der Waals surface area contributed by atoms with Gasteiger partial charge in [-0.15, -0.1) is 0 Å². The molecule has 1 aromatic rings. The summed E-state index contributed by atoms with van der Waals surface area (Å²) in [4.78, 5) is 11.9. The van der Waals surface area contributed by atoms with Crippen LogP contribution in [0, 0.1) is 0 Å². The number of carbonyl (C=O) groups is 1. The molecular formula is C14H17NO2. The van der Waals surface area contributed by atoms with E-state index in [-0.39, 0.29) is 5.97 Å². The molecule has 2 rings (SSSR count). The van der Waals surface area contributed by atoms with Gasteiger partial charge in [0.05, 0.1) is 12.7 Å². The molecule has 0 bridgehead atoms. The molecule has 3 heteroatoms. The topological polar surface area (TPSA) is 38.3 Å². The van der Waals surface area contributed by atoms with Crippen LogP contribution in [0.2, 0.25) is 0 Å². The lowest BCUT2D eigenvalue weighted by atomic mass is 9.98. The number of rotatable bonds is 2. The molecule has 17 heavy (non-hydrogen) atoms. The van der Waals surface area contributed by atoms with E-state index in [1.54, 1.807) is 0 Å². The fraction of sp³-hybridized carbons (Fsp3) is 0.357. The van der Waals surface area contributed by atoms with Crippen molar-refractivity contribution in [3.05, 3.63) is 41.6 Å². The Bertz CT molecular complexity index is 415. The van der Waals surface area contributed by atoms with Crippen LogP contribution in [-0.4, -0.2) is 19.6 Å². The summed E-state index contributed by atoms with van der Waals surface area (Å²) in [5, 5.41) is 3.31. The zero-order valence-corrected chi connectivity index (χ0v) is 10.0. The van der Waals surface area contributed by atoms with Crippen molar-refractivity contribution in [3.8, 4) is 0 Å². The van der Waals surface area contributed by atoms with Gasteiger partial charge in [-0.3, -0.25) is 0 Å². The molecule has 0 aliphatic carbocycles. The SMILES string of the molecule is COC(=O)/C(=C1/CCCCN1)c1ccccc1. The Morgan fingerprint density at radius 2 is 2.00 bits per heavy atom. The number of ether oxygens (including phenoxy) is 1. The van der Waals surface area contributed by atoms with Crippen molar-refractivity contribution < 1.29 is 9.53 Å². The number of methoxy groups -OCH3 is 1. The molecule has 1 fully saturated rings. The van der Waals surface area contributed by atoms with Crippen molar-refractivity contribution >= 4 is 11.5 Å². The molecular weight excluding hydrogens is 214 g/mol. The quantitative estimate of drug-likeness (QED) is 0.627. The van der Waals surface area contributed by atoms with Crippen molar-refractivity contribution in [2.24, 2.45) is 0 Å². The summed E-state index contributed by atoms with van der Waals surface area (Å²) >= 11 is 0. The molecule has 1 aromatic carbocycles. The van der Waals surface area contributed by atoms with Gasteiger partial charge < -0.3 is 10.1 Å². The summed E-state index contributed by atoms with van der Waals surface area (Å²) in [6.45, 7) is 0.933. The van der Waals surface area contributed by atoms with Gasteiger partial charge in [0, 0.05) is 12.2 Å². The van der Waals surface area contributed by atoms with Crippen LogP contribution in [0.3, 0.4) is 0 Å². The molecule has 0 atom stereocenters. The first-order chi connectivity index (χ1) is 8.33. The fourth-order valence-electron chi connectivity index (χ4n) is 2.09. The summed E-state index contributed by atoms with van der Waals surface area (Å²) in [6.07, 6.45) is 3.20. The Morgan fingerprint density at radius 1 is 1.24 bits per heavy atom. The third-order valence-corrected chi connectivity index (χ3v) is 2.95. The summed E-state index contributed by atoms with van der Waals surface area (Å²) in [5.41, 5.74) is 2.60. The van der Waals surface area contributed by atoms with Crippen LogP contribution in [0.15, 0.2) is 36.0 Å². The van der Waals surface area contributed by atoms with E-state index in [1.165, 1.54) is 7.11 Å². The summed E-state index contributed by atoms with van der Waals surface area (Å²) < 4.78 is 4.88. The van der Waals surface area contributed by atoms with Gasteiger partial charge in [-0.2, -0.15) is 0 Å². The lowest BCUT2D eigenvalue weighted by molar-refractivity contribution is -0.133. The number of piperidine rings is 1. The average molecular weight is 231 g/mol. The van der Waals surface area contributed by atoms with Crippen molar-refractivity contribution in [1.29, 1.82) is 0 Å². The predicted molar refractivity (Wildman–Crippen MR) is 67.2 cm³/mol. The number of allylic oxidation sites excluding steroid dienone is 1. The number of esters is 1. The minimum Gasteiger partial charge on any atom is -0.465 e. The van der Waals surface area contributed by atoms with Crippen LogP contribution < -0.4 is 5.32 Å². The number of carbonyl (C=O) groups excluding carboxylic acids is 1. The van der Waals surface area contributed by atoms with Crippen LogP contribution in [0.25, 0.3) is 5.57 Å². The van der Waals surface area contributed by atoms with Gasteiger partial charge in [-0.05, 0) is 24.8 Å². The van der Waals surface area contributed by atoms with E-state index in [4.69, 9.17) is 4.74 Å². The summed E-state index contributed by atoms with van der Waals surface area (Å²) in [7, 11) is 1.43. The Balaban J connectivity index is 2.41. The standard InChI is InChI=1S/C14H17NO2/c1-17-14(16)13(11-7-3-2-4-8-11)12-9-5-6-10-15-12/h2-4,7-8,15H,5-6,9-10H2,1H3/b13-12-. The molecule has 1 saturated heterocycles. The maximum absolute atomic E-state index is 11.9. The smallest absolute Gasteiger partial charge is 0.340 e. The molecule has 1 N–H and O–H groups in total. The van der Waals surface area contributed by atoms with Crippen molar-refractivity contribution in [2.75, 3.05) is 13.7 Å². The lowest BCUT2D eigenvalue weighted by Crippen LogP contribution is -2.23. The van der Waals surface area contributed by atoms with E-state index in [0.29, 0.717) is 5.57 Å². The highest BCUT2D eigenvalue weighted by atomic mass is 16.5. The van der Waals surface area contributed by atoms with Gasteiger partial charge in [0.15, 0.2) is 0 Å². The van der Waals surface area contributed by atoms with Crippen LogP contribution in [0.4, 0.5) is 0 Å². The number of benzene rings is 1. The number of hydrogen-bond acceptors (Lipinski definition) is 3. The Morgan fingerprint density at radius 3 is 2.59 bits per heavy atom. The zero-order chi connectivity index (χ0) is 12.1. The van der Waals surface area contributed by atoms with Crippen molar-refractivity contribution in [2.45, 2.75) is 19.3 Å². The lowest BCUT2D eigenvalue weighted by Gasteiger charge is -2.20. The Hall–Kier alpha value is -1.77. The van der Waals surface area contributed by atoms with Crippen LogP contribution in [-0.2, 0) is 9.53 Å². The van der Waals surface area contributed by atoms with E-state index in [1.807, 2.05) is 30.3 Å². The van der Waals surface area contributed by atoms with E-state index in [0.717, 1.165) is 37.1 Å². The van der Waals surface area contributed by atoms with Gasteiger partial charge in [0.1, 0.15) is 0 Å². The van der Waals surface area contributed by atoms with E-state index in [2.05, 4.69) is 5.32 Å². The average Bonchev–Trinajstić information content (AvgIpc) is 2.41. The van der Waals surface area contributed by atoms with Gasteiger partial charge in [-0.1, -0.05) is 30.3 Å². The maximum Gasteiger partial charge on any atom is 0.340 e. The molecule has 1 aliphatic heterocycles. The molecule has 0 aromatic heterocycles. The van der Waals surface area contributed by atoms with Gasteiger partial charge in [0.25, 0.3) is 0 Å².